The van der Waals surface area contributed by atoms with Crippen LogP contribution in [0.4, 0.5) is 4.79 Å². The lowest BCUT2D eigenvalue weighted by Crippen LogP contribution is -2.42. The molecule has 1 aromatic rings. The molecule has 0 N–H and O–H groups in total. The second kappa shape index (κ2) is 7.54. The average molecular weight is 400 g/mol. The third-order valence-electron chi connectivity index (χ3n) is 7.15. The van der Waals surface area contributed by atoms with Gasteiger partial charge in [0.2, 0.25) is 5.91 Å². The van der Waals surface area contributed by atoms with Crippen molar-refractivity contribution < 1.29 is 14.3 Å². The fourth-order valence-corrected chi connectivity index (χ4v) is 4.96. The fraction of sp³-hybridized carbons (Fsp3) is 0.652. The lowest BCUT2D eigenvalue weighted by Gasteiger charge is -2.32. The molecule has 3 fully saturated rings. The van der Waals surface area contributed by atoms with E-state index in [1.807, 2.05) is 17.0 Å². The summed E-state index contributed by atoms with van der Waals surface area (Å²) in [4.78, 5) is 31.4. The first-order valence-electron chi connectivity index (χ1n) is 10.7. The van der Waals surface area contributed by atoms with Crippen LogP contribution in [-0.2, 0) is 4.79 Å². The Bertz CT molecular complexity index is 772. The van der Waals surface area contributed by atoms with E-state index in [-0.39, 0.29) is 23.9 Å². The molecule has 1 saturated carbocycles. The van der Waals surface area contributed by atoms with E-state index in [1.165, 1.54) is 12.8 Å². The minimum atomic E-state index is -0.000412. The highest BCUT2D eigenvalue weighted by atomic mass is 16.5. The molecule has 2 saturated heterocycles. The van der Waals surface area contributed by atoms with E-state index in [0.717, 1.165) is 30.8 Å². The summed E-state index contributed by atoms with van der Waals surface area (Å²) in [5.74, 6) is 1.72. The Hall–Kier alpha value is -2.24. The SMILES string of the molecule is COc1ccc([C@H]2[C@@H]3CN(C(=O)CCC4(C)CC4)C[C@@H]3CN2C(=O)N(C)C)cc1. The van der Waals surface area contributed by atoms with Crippen molar-refractivity contribution >= 4 is 11.9 Å². The standard InChI is InChI=1S/C23H33N3O3/c1-23(11-12-23)10-9-20(27)25-13-17-14-26(22(28)24(2)3)21(19(17)15-25)16-5-7-18(29-4)8-6-16/h5-8,17,19,21H,9-15H2,1-4H3/t17-,19-,21+/m1/s1. The van der Waals surface area contributed by atoms with Crippen molar-refractivity contribution in [2.45, 2.75) is 38.6 Å². The lowest BCUT2D eigenvalue weighted by molar-refractivity contribution is -0.131. The quantitative estimate of drug-likeness (QED) is 0.763. The largest absolute Gasteiger partial charge is 0.497 e. The van der Waals surface area contributed by atoms with Gasteiger partial charge in [0.05, 0.1) is 13.2 Å². The second-order valence-electron chi connectivity index (χ2n) is 9.58. The van der Waals surface area contributed by atoms with Crippen LogP contribution in [0.15, 0.2) is 24.3 Å². The van der Waals surface area contributed by atoms with Crippen LogP contribution in [0.3, 0.4) is 0 Å². The van der Waals surface area contributed by atoms with Crippen LogP contribution in [-0.4, -0.2) is 67.5 Å². The normalized spacial score (nSPS) is 27.0. The van der Waals surface area contributed by atoms with Crippen molar-refractivity contribution in [1.82, 2.24) is 14.7 Å². The second-order valence-corrected chi connectivity index (χ2v) is 9.58. The molecule has 0 aromatic heterocycles. The molecular formula is C23H33N3O3. The van der Waals surface area contributed by atoms with Crippen LogP contribution in [0.5, 0.6) is 5.75 Å². The van der Waals surface area contributed by atoms with Crippen LogP contribution in [0, 0.1) is 17.3 Å². The summed E-state index contributed by atoms with van der Waals surface area (Å²) in [5, 5.41) is 0. The van der Waals surface area contributed by atoms with Gasteiger partial charge in [-0.05, 0) is 42.4 Å². The molecule has 6 heteroatoms. The van der Waals surface area contributed by atoms with Crippen LogP contribution >= 0.6 is 0 Å². The third kappa shape index (κ3) is 3.94. The first kappa shape index (κ1) is 20.0. The average Bonchev–Trinajstić information content (AvgIpc) is 3.15. The van der Waals surface area contributed by atoms with Gasteiger partial charge in [-0.1, -0.05) is 19.1 Å². The summed E-state index contributed by atoms with van der Waals surface area (Å²) in [6, 6.07) is 8.06. The van der Waals surface area contributed by atoms with E-state index < -0.39 is 0 Å². The van der Waals surface area contributed by atoms with Crippen LogP contribution in [0.25, 0.3) is 0 Å². The van der Waals surface area contributed by atoms with Crippen molar-refractivity contribution in [3.05, 3.63) is 29.8 Å². The van der Waals surface area contributed by atoms with Gasteiger partial charge in [-0.15, -0.1) is 0 Å². The minimum Gasteiger partial charge on any atom is -0.497 e. The van der Waals surface area contributed by atoms with E-state index in [4.69, 9.17) is 4.74 Å². The van der Waals surface area contributed by atoms with Crippen molar-refractivity contribution in [2.75, 3.05) is 40.8 Å². The summed E-state index contributed by atoms with van der Waals surface area (Å²) < 4.78 is 5.30. The number of methoxy groups -OCH3 is 1. The molecule has 0 spiro atoms. The summed E-state index contributed by atoms with van der Waals surface area (Å²) in [7, 11) is 5.26. The van der Waals surface area contributed by atoms with Crippen LogP contribution in [0.2, 0.25) is 0 Å². The minimum absolute atomic E-state index is 0.000412. The predicted octanol–water partition coefficient (Wildman–Crippen LogP) is 3.39. The van der Waals surface area contributed by atoms with Gasteiger partial charge >= 0.3 is 6.03 Å². The van der Waals surface area contributed by atoms with Gasteiger partial charge < -0.3 is 19.4 Å². The molecule has 0 radical (unpaired) electrons. The number of hydrogen-bond donors (Lipinski definition) is 0. The molecule has 2 heterocycles. The molecule has 0 unspecified atom stereocenters. The number of ether oxygens (including phenoxy) is 1. The Morgan fingerprint density at radius 2 is 1.83 bits per heavy atom. The first-order chi connectivity index (χ1) is 13.8. The molecule has 3 aliphatic rings. The molecule has 2 aliphatic heterocycles. The van der Waals surface area contributed by atoms with E-state index in [2.05, 4.69) is 24.0 Å². The van der Waals surface area contributed by atoms with Crippen LogP contribution < -0.4 is 4.74 Å². The van der Waals surface area contributed by atoms with E-state index >= 15 is 0 Å². The number of amides is 3. The monoisotopic (exact) mass is 399 g/mol. The smallest absolute Gasteiger partial charge is 0.320 e. The van der Waals surface area contributed by atoms with Gasteiger partial charge in [0, 0.05) is 52.0 Å². The number of carbonyl (C=O) groups excluding carboxylic acids is 2. The van der Waals surface area contributed by atoms with E-state index in [1.54, 1.807) is 26.1 Å². The highest BCUT2D eigenvalue weighted by molar-refractivity contribution is 5.77. The number of likely N-dealkylation sites (tertiary alicyclic amines) is 2. The molecule has 3 amide bonds. The Kier molecular flexibility index (Phi) is 5.21. The highest BCUT2D eigenvalue weighted by Crippen LogP contribution is 2.49. The maximum Gasteiger partial charge on any atom is 0.320 e. The van der Waals surface area contributed by atoms with Gasteiger partial charge in [-0.3, -0.25) is 4.79 Å². The van der Waals surface area contributed by atoms with E-state index in [0.29, 0.717) is 24.3 Å². The molecule has 3 atom stereocenters. The Labute approximate surface area is 173 Å². The van der Waals surface area contributed by atoms with Crippen LogP contribution in [0.1, 0.15) is 44.2 Å². The molecule has 29 heavy (non-hydrogen) atoms. The maximum atomic E-state index is 12.9. The highest BCUT2D eigenvalue weighted by Gasteiger charge is 2.50. The Morgan fingerprint density at radius 3 is 2.41 bits per heavy atom. The van der Waals surface area contributed by atoms with Crippen molar-refractivity contribution in [3.8, 4) is 5.75 Å². The number of fused-ring (bicyclic) bond motifs is 1. The maximum absolute atomic E-state index is 12.9. The van der Waals surface area contributed by atoms with Crippen molar-refractivity contribution in [3.63, 3.8) is 0 Å². The molecule has 4 rings (SSSR count). The topological polar surface area (TPSA) is 53.1 Å². The van der Waals surface area contributed by atoms with Crippen molar-refractivity contribution in [2.24, 2.45) is 17.3 Å². The molecular weight excluding hydrogens is 366 g/mol. The lowest BCUT2D eigenvalue weighted by atomic mass is 9.89. The van der Waals surface area contributed by atoms with Gasteiger partial charge in [-0.2, -0.15) is 0 Å². The molecule has 158 valence electrons. The van der Waals surface area contributed by atoms with Gasteiger partial charge in [0.1, 0.15) is 5.75 Å². The Morgan fingerprint density at radius 1 is 1.14 bits per heavy atom. The van der Waals surface area contributed by atoms with E-state index in [9.17, 15) is 9.59 Å². The predicted molar refractivity (Wildman–Crippen MR) is 112 cm³/mol. The summed E-state index contributed by atoms with van der Waals surface area (Å²) in [6.45, 7) is 4.50. The summed E-state index contributed by atoms with van der Waals surface area (Å²) in [6.07, 6.45) is 4.17. The van der Waals surface area contributed by atoms with Gasteiger partial charge in [0.25, 0.3) is 0 Å². The first-order valence-corrected chi connectivity index (χ1v) is 10.7. The molecule has 0 bridgehead atoms. The number of hydrogen-bond acceptors (Lipinski definition) is 3. The zero-order valence-corrected chi connectivity index (χ0v) is 18.1. The van der Waals surface area contributed by atoms with Gasteiger partial charge in [-0.25, -0.2) is 4.79 Å². The van der Waals surface area contributed by atoms with Crippen molar-refractivity contribution in [1.29, 1.82) is 0 Å². The summed E-state index contributed by atoms with van der Waals surface area (Å²) in [5.41, 5.74) is 1.53. The molecule has 1 aliphatic carbocycles. The third-order valence-corrected chi connectivity index (χ3v) is 7.15. The molecule has 1 aromatic carbocycles. The molecule has 6 nitrogen and oxygen atoms in total. The number of nitrogens with zero attached hydrogens (tertiary/aromatic N) is 3. The number of carbonyl (C=O) groups is 2. The van der Waals surface area contributed by atoms with Gasteiger partial charge in [0.15, 0.2) is 0 Å². The number of urea groups is 1. The zero-order chi connectivity index (χ0) is 20.8. The number of benzene rings is 1. The summed E-state index contributed by atoms with van der Waals surface area (Å²) >= 11 is 0. The number of rotatable bonds is 5. The zero-order valence-electron chi connectivity index (χ0n) is 18.1. The Balaban J connectivity index is 1.51. The fourth-order valence-electron chi connectivity index (χ4n) is 4.96.